The number of hydrogen-bond acceptors (Lipinski definition) is 3. The van der Waals surface area contributed by atoms with Gasteiger partial charge in [0.1, 0.15) is 10.7 Å². The number of thiocarbonyl (C=S) groups is 1. The maximum absolute atomic E-state index is 5.71. The molecule has 1 saturated heterocycles. The van der Waals surface area contributed by atoms with E-state index >= 15 is 0 Å². The topological polar surface area (TPSA) is 38.5 Å². The molecule has 0 bridgehead atoms. The number of likely N-dealkylation sites (tertiary alicyclic amines) is 1. The van der Waals surface area contributed by atoms with Gasteiger partial charge in [-0.3, -0.25) is 4.90 Å². The zero-order valence-corrected chi connectivity index (χ0v) is 12.5. The van der Waals surface area contributed by atoms with Crippen molar-refractivity contribution in [2.75, 3.05) is 20.2 Å². The van der Waals surface area contributed by atoms with Gasteiger partial charge in [0, 0.05) is 24.2 Å². The molecule has 1 aromatic rings. The zero-order chi connectivity index (χ0) is 13.8. The first-order valence-corrected chi connectivity index (χ1v) is 7.20. The molecule has 1 unspecified atom stereocenters. The average Bonchev–Trinajstić information content (AvgIpc) is 2.38. The predicted molar refractivity (Wildman–Crippen MR) is 82.6 cm³/mol. The Kier molecular flexibility index (Phi) is 4.77. The Morgan fingerprint density at radius 3 is 2.95 bits per heavy atom. The Morgan fingerprint density at radius 2 is 2.32 bits per heavy atom. The molecule has 0 aliphatic carbocycles. The van der Waals surface area contributed by atoms with E-state index in [1.807, 2.05) is 12.1 Å². The van der Waals surface area contributed by atoms with E-state index in [0.29, 0.717) is 4.99 Å². The first kappa shape index (κ1) is 14.3. The number of nitrogens with two attached hydrogens (primary N) is 1. The third-order valence-electron chi connectivity index (χ3n) is 3.70. The van der Waals surface area contributed by atoms with Crippen molar-refractivity contribution in [3.05, 3.63) is 29.3 Å². The number of hydrogen-bond donors (Lipinski definition) is 1. The predicted octanol–water partition coefficient (Wildman–Crippen LogP) is 2.56. The first-order valence-electron chi connectivity index (χ1n) is 6.79. The molecule has 1 aromatic carbocycles. The molecule has 1 aliphatic rings. The summed E-state index contributed by atoms with van der Waals surface area (Å²) in [5, 5.41) is 0. The molecule has 0 amide bonds. The lowest BCUT2D eigenvalue weighted by molar-refractivity contribution is 0.175. The Labute approximate surface area is 120 Å². The third-order valence-corrected chi connectivity index (χ3v) is 3.94. The molecule has 1 atom stereocenters. The van der Waals surface area contributed by atoms with Gasteiger partial charge in [-0.2, -0.15) is 0 Å². The van der Waals surface area contributed by atoms with E-state index in [1.54, 1.807) is 7.11 Å². The van der Waals surface area contributed by atoms with Crippen LogP contribution in [-0.2, 0) is 6.54 Å². The van der Waals surface area contributed by atoms with Gasteiger partial charge >= 0.3 is 0 Å². The van der Waals surface area contributed by atoms with Crippen LogP contribution in [0.25, 0.3) is 0 Å². The second-order valence-corrected chi connectivity index (χ2v) is 5.81. The summed E-state index contributed by atoms with van der Waals surface area (Å²) in [6, 6.07) is 5.93. The molecule has 104 valence electrons. The Morgan fingerprint density at radius 1 is 1.53 bits per heavy atom. The van der Waals surface area contributed by atoms with E-state index in [-0.39, 0.29) is 0 Å². The number of nitrogens with zero attached hydrogens (tertiary/aromatic N) is 1. The number of methoxy groups -OCH3 is 1. The standard InChI is InChI=1S/C15H22N2OS/c1-11-4-3-7-17(9-11)10-13-8-12(15(16)19)5-6-14(13)18-2/h5-6,8,11H,3-4,7,9-10H2,1-2H3,(H2,16,19). The van der Waals surface area contributed by atoms with E-state index in [1.165, 1.54) is 18.4 Å². The fourth-order valence-corrected chi connectivity index (χ4v) is 2.85. The van der Waals surface area contributed by atoms with E-state index in [0.717, 1.165) is 36.9 Å². The Hall–Kier alpha value is -1.13. The highest BCUT2D eigenvalue weighted by Crippen LogP contribution is 2.24. The van der Waals surface area contributed by atoms with Crippen LogP contribution in [0.4, 0.5) is 0 Å². The van der Waals surface area contributed by atoms with Gasteiger partial charge in [0.05, 0.1) is 7.11 Å². The summed E-state index contributed by atoms with van der Waals surface area (Å²) in [6.45, 7) is 5.53. The summed E-state index contributed by atoms with van der Waals surface area (Å²) >= 11 is 5.05. The molecule has 4 heteroatoms. The highest BCUT2D eigenvalue weighted by atomic mass is 32.1. The Bertz CT molecular complexity index is 461. The normalized spacial score (nSPS) is 20.2. The lowest BCUT2D eigenvalue weighted by atomic mass is 9.99. The van der Waals surface area contributed by atoms with Crippen molar-refractivity contribution < 1.29 is 4.74 Å². The van der Waals surface area contributed by atoms with Gasteiger partial charge in [0.15, 0.2) is 0 Å². The minimum Gasteiger partial charge on any atom is -0.496 e. The van der Waals surface area contributed by atoms with Crippen LogP contribution in [-0.4, -0.2) is 30.1 Å². The van der Waals surface area contributed by atoms with Gasteiger partial charge in [-0.05, 0) is 43.5 Å². The summed E-state index contributed by atoms with van der Waals surface area (Å²) in [7, 11) is 1.71. The van der Waals surface area contributed by atoms with Gasteiger partial charge in [-0.15, -0.1) is 0 Å². The molecule has 0 aromatic heterocycles. The molecule has 19 heavy (non-hydrogen) atoms. The first-order chi connectivity index (χ1) is 9.10. The van der Waals surface area contributed by atoms with Crippen LogP contribution in [0.15, 0.2) is 18.2 Å². The second kappa shape index (κ2) is 6.35. The van der Waals surface area contributed by atoms with Gasteiger partial charge in [0.2, 0.25) is 0 Å². The van der Waals surface area contributed by atoms with Crippen molar-refractivity contribution in [2.45, 2.75) is 26.3 Å². The van der Waals surface area contributed by atoms with Crippen molar-refractivity contribution in [2.24, 2.45) is 11.7 Å². The largest absolute Gasteiger partial charge is 0.496 e. The van der Waals surface area contributed by atoms with E-state index < -0.39 is 0 Å². The molecule has 1 heterocycles. The molecular formula is C15H22N2OS. The smallest absolute Gasteiger partial charge is 0.123 e. The average molecular weight is 278 g/mol. The molecule has 3 nitrogen and oxygen atoms in total. The summed E-state index contributed by atoms with van der Waals surface area (Å²) < 4.78 is 5.44. The molecule has 2 N–H and O–H groups in total. The van der Waals surface area contributed by atoms with Crippen LogP contribution < -0.4 is 10.5 Å². The van der Waals surface area contributed by atoms with Crippen molar-refractivity contribution in [3.63, 3.8) is 0 Å². The maximum atomic E-state index is 5.71. The molecule has 1 fully saturated rings. The van der Waals surface area contributed by atoms with Crippen LogP contribution >= 0.6 is 12.2 Å². The van der Waals surface area contributed by atoms with Crippen LogP contribution in [0, 0.1) is 5.92 Å². The summed E-state index contributed by atoms with van der Waals surface area (Å²) in [5.41, 5.74) is 7.79. The summed E-state index contributed by atoms with van der Waals surface area (Å²) in [6.07, 6.45) is 2.61. The monoisotopic (exact) mass is 278 g/mol. The van der Waals surface area contributed by atoms with Crippen molar-refractivity contribution >= 4 is 17.2 Å². The van der Waals surface area contributed by atoms with Gasteiger partial charge < -0.3 is 10.5 Å². The van der Waals surface area contributed by atoms with Crippen LogP contribution in [0.2, 0.25) is 0 Å². The minimum atomic E-state index is 0.441. The van der Waals surface area contributed by atoms with Crippen molar-refractivity contribution in [1.29, 1.82) is 0 Å². The van der Waals surface area contributed by atoms with E-state index in [9.17, 15) is 0 Å². The van der Waals surface area contributed by atoms with Crippen LogP contribution in [0.3, 0.4) is 0 Å². The highest BCUT2D eigenvalue weighted by molar-refractivity contribution is 7.80. The molecule has 0 radical (unpaired) electrons. The SMILES string of the molecule is COc1ccc(C(N)=S)cc1CN1CCCC(C)C1. The van der Waals surface area contributed by atoms with Crippen LogP contribution in [0.1, 0.15) is 30.9 Å². The number of benzene rings is 1. The summed E-state index contributed by atoms with van der Waals surface area (Å²) in [4.78, 5) is 2.92. The van der Waals surface area contributed by atoms with E-state index in [2.05, 4.69) is 17.9 Å². The van der Waals surface area contributed by atoms with Gasteiger partial charge in [-0.25, -0.2) is 0 Å². The molecule has 0 saturated carbocycles. The molecular weight excluding hydrogens is 256 g/mol. The number of piperidine rings is 1. The quantitative estimate of drug-likeness (QED) is 0.859. The summed E-state index contributed by atoms with van der Waals surface area (Å²) in [5.74, 6) is 1.69. The van der Waals surface area contributed by atoms with E-state index in [4.69, 9.17) is 22.7 Å². The minimum absolute atomic E-state index is 0.441. The zero-order valence-electron chi connectivity index (χ0n) is 11.7. The lowest BCUT2D eigenvalue weighted by Gasteiger charge is -2.31. The van der Waals surface area contributed by atoms with Crippen molar-refractivity contribution in [3.8, 4) is 5.75 Å². The second-order valence-electron chi connectivity index (χ2n) is 5.37. The number of rotatable bonds is 4. The third kappa shape index (κ3) is 3.67. The Balaban J connectivity index is 2.17. The van der Waals surface area contributed by atoms with Crippen molar-refractivity contribution in [1.82, 2.24) is 4.90 Å². The van der Waals surface area contributed by atoms with Crippen LogP contribution in [0.5, 0.6) is 5.75 Å². The highest BCUT2D eigenvalue weighted by Gasteiger charge is 2.18. The molecule has 1 aliphatic heterocycles. The van der Waals surface area contributed by atoms with Gasteiger partial charge in [0.25, 0.3) is 0 Å². The molecule has 2 rings (SSSR count). The maximum Gasteiger partial charge on any atom is 0.123 e. The fourth-order valence-electron chi connectivity index (χ4n) is 2.73. The fraction of sp³-hybridized carbons (Fsp3) is 0.533. The number of ether oxygens (including phenoxy) is 1. The van der Waals surface area contributed by atoms with Gasteiger partial charge in [-0.1, -0.05) is 19.1 Å². The lowest BCUT2D eigenvalue weighted by Crippen LogP contribution is -2.33. The molecule has 0 spiro atoms.